The Balaban J connectivity index is 1.41. The predicted octanol–water partition coefficient (Wildman–Crippen LogP) is 2.28. The quantitative estimate of drug-likeness (QED) is 0.730. The number of nitrogens with zero attached hydrogens (tertiary/aromatic N) is 3. The van der Waals surface area contributed by atoms with Crippen LogP contribution in [0.15, 0.2) is 36.8 Å². The van der Waals surface area contributed by atoms with E-state index in [4.69, 9.17) is 4.74 Å². The zero-order valence-electron chi connectivity index (χ0n) is 15.1. The summed E-state index contributed by atoms with van der Waals surface area (Å²) in [6.45, 7) is 1.89. The Morgan fingerprint density at radius 1 is 1.25 bits per heavy atom. The van der Waals surface area contributed by atoms with E-state index in [1.807, 2.05) is 0 Å². The zero-order valence-corrected chi connectivity index (χ0v) is 15.1. The first-order valence-corrected chi connectivity index (χ1v) is 9.32. The minimum absolute atomic E-state index is 0.118. The molecule has 1 fully saturated rings. The average Bonchev–Trinajstić information content (AvgIpc) is 3.33. The molecule has 2 amide bonds. The summed E-state index contributed by atoms with van der Waals surface area (Å²) in [5, 5.41) is 5.66. The maximum absolute atomic E-state index is 12.7. The molecule has 2 aliphatic rings. The molecule has 5 rings (SSSR count). The number of nitrogens with one attached hydrogen (secondary N) is 2. The number of imidazole rings is 1. The van der Waals surface area contributed by atoms with Gasteiger partial charge in [-0.05, 0) is 31.0 Å². The second kappa shape index (κ2) is 6.72. The minimum atomic E-state index is -0.275. The number of benzene rings is 1. The number of aromatic nitrogens is 3. The molecule has 1 aromatic carbocycles. The summed E-state index contributed by atoms with van der Waals surface area (Å²) in [6.07, 6.45) is 5.22. The number of anilines is 1. The van der Waals surface area contributed by atoms with E-state index in [0.717, 1.165) is 37.3 Å². The SMILES string of the molecule is O=C(Nc1cccc2c1CNC2=O)c1cnc2c(c1)ncn2C1CCOCC1. The molecule has 0 atom stereocenters. The fourth-order valence-corrected chi connectivity index (χ4v) is 3.84. The van der Waals surface area contributed by atoms with Crippen molar-refractivity contribution in [1.82, 2.24) is 19.9 Å². The van der Waals surface area contributed by atoms with Crippen molar-refractivity contribution in [2.75, 3.05) is 18.5 Å². The molecule has 8 heteroatoms. The molecule has 8 nitrogen and oxygen atoms in total. The van der Waals surface area contributed by atoms with Gasteiger partial charge in [-0.2, -0.15) is 0 Å². The topological polar surface area (TPSA) is 98.1 Å². The van der Waals surface area contributed by atoms with Crippen molar-refractivity contribution < 1.29 is 14.3 Å². The van der Waals surface area contributed by atoms with Crippen molar-refractivity contribution in [1.29, 1.82) is 0 Å². The van der Waals surface area contributed by atoms with Crippen LogP contribution < -0.4 is 10.6 Å². The molecule has 3 aromatic rings. The first-order chi connectivity index (χ1) is 13.7. The number of hydrogen-bond acceptors (Lipinski definition) is 5. The third-order valence-electron chi connectivity index (χ3n) is 5.35. The van der Waals surface area contributed by atoms with Crippen molar-refractivity contribution in [2.45, 2.75) is 25.4 Å². The van der Waals surface area contributed by atoms with E-state index in [-0.39, 0.29) is 11.8 Å². The predicted molar refractivity (Wildman–Crippen MR) is 102 cm³/mol. The van der Waals surface area contributed by atoms with Crippen LogP contribution in [0.25, 0.3) is 11.2 Å². The molecular weight excluding hydrogens is 358 g/mol. The van der Waals surface area contributed by atoms with Gasteiger partial charge in [0.1, 0.15) is 5.52 Å². The molecule has 28 heavy (non-hydrogen) atoms. The van der Waals surface area contributed by atoms with Gasteiger partial charge in [-0.3, -0.25) is 9.59 Å². The van der Waals surface area contributed by atoms with Crippen LogP contribution in [0.1, 0.15) is 45.2 Å². The van der Waals surface area contributed by atoms with Crippen LogP contribution in [0.4, 0.5) is 5.69 Å². The zero-order chi connectivity index (χ0) is 19.1. The van der Waals surface area contributed by atoms with Crippen molar-refractivity contribution in [3.63, 3.8) is 0 Å². The number of ether oxygens (including phenoxy) is 1. The molecule has 0 aliphatic carbocycles. The number of hydrogen-bond donors (Lipinski definition) is 2. The Morgan fingerprint density at radius 3 is 2.96 bits per heavy atom. The summed E-state index contributed by atoms with van der Waals surface area (Å²) in [5.74, 6) is -0.393. The highest BCUT2D eigenvalue weighted by Crippen LogP contribution is 2.26. The highest BCUT2D eigenvalue weighted by molar-refractivity contribution is 6.07. The van der Waals surface area contributed by atoms with Crippen LogP contribution in [0, 0.1) is 0 Å². The molecule has 2 N–H and O–H groups in total. The van der Waals surface area contributed by atoms with E-state index in [9.17, 15) is 9.59 Å². The third kappa shape index (κ3) is 2.82. The van der Waals surface area contributed by atoms with Crippen LogP contribution in [0.2, 0.25) is 0 Å². The van der Waals surface area contributed by atoms with Crippen molar-refractivity contribution >= 4 is 28.7 Å². The van der Waals surface area contributed by atoms with E-state index >= 15 is 0 Å². The van der Waals surface area contributed by atoms with Gasteiger partial charge in [0.15, 0.2) is 5.65 Å². The largest absolute Gasteiger partial charge is 0.381 e. The van der Waals surface area contributed by atoms with Gasteiger partial charge in [-0.15, -0.1) is 0 Å². The van der Waals surface area contributed by atoms with Gasteiger partial charge < -0.3 is 19.9 Å². The Labute approximate surface area is 160 Å². The molecule has 0 saturated carbocycles. The first kappa shape index (κ1) is 16.9. The van der Waals surface area contributed by atoms with E-state index in [0.29, 0.717) is 34.9 Å². The Morgan fingerprint density at radius 2 is 2.11 bits per heavy atom. The highest BCUT2D eigenvalue weighted by Gasteiger charge is 2.23. The number of rotatable bonds is 3. The lowest BCUT2D eigenvalue weighted by Gasteiger charge is -2.23. The summed E-state index contributed by atoms with van der Waals surface area (Å²) in [4.78, 5) is 33.5. The van der Waals surface area contributed by atoms with Gasteiger partial charge in [0, 0.05) is 48.8 Å². The molecule has 0 unspecified atom stereocenters. The lowest BCUT2D eigenvalue weighted by molar-refractivity contribution is 0.0704. The van der Waals surface area contributed by atoms with Gasteiger partial charge in [-0.1, -0.05) is 6.07 Å². The fraction of sp³-hybridized carbons (Fsp3) is 0.300. The number of carbonyl (C=O) groups is 2. The molecule has 0 bridgehead atoms. The standard InChI is InChI=1S/C20H19N5O3/c26-19(24-16-3-1-2-14-15(16)10-22-20(14)27)12-8-17-18(21-9-12)25(11-23-17)13-4-6-28-7-5-13/h1-3,8-9,11,13H,4-7,10H2,(H,22,27)(H,24,26). The maximum Gasteiger partial charge on any atom is 0.257 e. The van der Waals surface area contributed by atoms with E-state index in [2.05, 4.69) is 25.2 Å². The Hall–Kier alpha value is -3.26. The fourth-order valence-electron chi connectivity index (χ4n) is 3.84. The summed E-state index contributed by atoms with van der Waals surface area (Å²) < 4.78 is 7.49. The summed E-state index contributed by atoms with van der Waals surface area (Å²) in [6, 6.07) is 7.38. The number of fused-ring (bicyclic) bond motifs is 2. The second-order valence-electron chi connectivity index (χ2n) is 7.03. The number of amides is 2. The van der Waals surface area contributed by atoms with Gasteiger partial charge in [-0.25, -0.2) is 9.97 Å². The van der Waals surface area contributed by atoms with Crippen molar-refractivity contribution in [3.05, 3.63) is 53.5 Å². The average molecular weight is 377 g/mol. The number of carbonyl (C=O) groups excluding carboxylic acids is 2. The Kier molecular flexibility index (Phi) is 4.05. The first-order valence-electron chi connectivity index (χ1n) is 9.32. The van der Waals surface area contributed by atoms with E-state index in [1.54, 1.807) is 36.8 Å². The normalized spacial score (nSPS) is 16.8. The summed E-state index contributed by atoms with van der Waals surface area (Å²) in [5.41, 5.74) is 3.93. The molecule has 2 aromatic heterocycles. The molecule has 0 radical (unpaired) electrons. The van der Waals surface area contributed by atoms with Crippen LogP contribution in [0.5, 0.6) is 0 Å². The molecule has 1 saturated heterocycles. The van der Waals surface area contributed by atoms with Gasteiger partial charge in [0.05, 0.1) is 11.9 Å². The van der Waals surface area contributed by atoms with Crippen LogP contribution in [-0.2, 0) is 11.3 Å². The smallest absolute Gasteiger partial charge is 0.257 e. The Bertz CT molecular complexity index is 1080. The van der Waals surface area contributed by atoms with Crippen molar-refractivity contribution in [2.24, 2.45) is 0 Å². The highest BCUT2D eigenvalue weighted by atomic mass is 16.5. The van der Waals surface area contributed by atoms with Gasteiger partial charge >= 0.3 is 0 Å². The lowest BCUT2D eigenvalue weighted by Crippen LogP contribution is -2.19. The van der Waals surface area contributed by atoms with Crippen LogP contribution in [-0.4, -0.2) is 39.6 Å². The summed E-state index contributed by atoms with van der Waals surface area (Å²) >= 11 is 0. The molecule has 0 spiro atoms. The van der Waals surface area contributed by atoms with Gasteiger partial charge in [0.2, 0.25) is 0 Å². The third-order valence-corrected chi connectivity index (χ3v) is 5.35. The van der Waals surface area contributed by atoms with Crippen molar-refractivity contribution in [3.8, 4) is 0 Å². The van der Waals surface area contributed by atoms with Crippen LogP contribution >= 0.6 is 0 Å². The number of pyridine rings is 1. The molecule has 2 aliphatic heterocycles. The monoisotopic (exact) mass is 377 g/mol. The van der Waals surface area contributed by atoms with E-state index < -0.39 is 0 Å². The van der Waals surface area contributed by atoms with Crippen LogP contribution in [0.3, 0.4) is 0 Å². The lowest BCUT2D eigenvalue weighted by atomic mass is 10.1. The molecule has 142 valence electrons. The maximum atomic E-state index is 12.7. The molecular formula is C20H19N5O3. The summed E-state index contributed by atoms with van der Waals surface area (Å²) in [7, 11) is 0. The van der Waals surface area contributed by atoms with Gasteiger partial charge in [0.25, 0.3) is 11.8 Å². The minimum Gasteiger partial charge on any atom is -0.381 e. The van der Waals surface area contributed by atoms with E-state index in [1.165, 1.54) is 0 Å². The second-order valence-corrected chi connectivity index (χ2v) is 7.03. The molecule has 4 heterocycles.